The SMILES string of the molecule is CCOCCC(CC)C(=O)Br. The van der Waals surface area contributed by atoms with Gasteiger partial charge in [-0.05, 0) is 35.7 Å². The van der Waals surface area contributed by atoms with E-state index in [1.54, 1.807) is 0 Å². The van der Waals surface area contributed by atoms with E-state index in [-0.39, 0.29) is 10.6 Å². The third-order valence-electron chi connectivity index (χ3n) is 1.63. The summed E-state index contributed by atoms with van der Waals surface area (Å²) in [6.45, 7) is 5.38. The van der Waals surface area contributed by atoms with Crippen LogP contribution in [0.5, 0.6) is 0 Å². The maximum atomic E-state index is 10.8. The van der Waals surface area contributed by atoms with Gasteiger partial charge in [0.05, 0.1) is 0 Å². The minimum atomic E-state index is 0.0969. The summed E-state index contributed by atoms with van der Waals surface area (Å²) in [4.78, 5) is 10.8. The van der Waals surface area contributed by atoms with Gasteiger partial charge in [-0.2, -0.15) is 0 Å². The van der Waals surface area contributed by atoms with E-state index in [1.807, 2.05) is 13.8 Å². The van der Waals surface area contributed by atoms with Crippen molar-refractivity contribution in [1.29, 1.82) is 0 Å². The molecule has 1 unspecified atom stereocenters. The van der Waals surface area contributed by atoms with Crippen LogP contribution in [-0.2, 0) is 9.53 Å². The van der Waals surface area contributed by atoms with E-state index in [4.69, 9.17) is 4.74 Å². The van der Waals surface area contributed by atoms with Gasteiger partial charge in [-0.15, -0.1) is 0 Å². The molecule has 0 heterocycles. The highest BCUT2D eigenvalue weighted by atomic mass is 79.9. The molecule has 0 N–H and O–H groups in total. The molecule has 0 aromatic heterocycles. The fourth-order valence-corrected chi connectivity index (χ4v) is 1.40. The van der Waals surface area contributed by atoms with Crippen LogP contribution in [-0.4, -0.2) is 17.9 Å². The highest BCUT2D eigenvalue weighted by molar-refractivity contribution is 9.18. The van der Waals surface area contributed by atoms with E-state index in [2.05, 4.69) is 15.9 Å². The van der Waals surface area contributed by atoms with Crippen molar-refractivity contribution in [2.75, 3.05) is 13.2 Å². The van der Waals surface area contributed by atoms with Crippen molar-refractivity contribution in [1.82, 2.24) is 0 Å². The number of hydrogen-bond acceptors (Lipinski definition) is 2. The van der Waals surface area contributed by atoms with Crippen molar-refractivity contribution >= 4 is 20.6 Å². The van der Waals surface area contributed by atoms with Gasteiger partial charge in [0, 0.05) is 19.1 Å². The molecule has 0 bridgehead atoms. The van der Waals surface area contributed by atoms with Crippen LogP contribution in [0, 0.1) is 5.92 Å². The molecule has 0 aliphatic heterocycles. The van der Waals surface area contributed by atoms with Crippen molar-refractivity contribution in [2.45, 2.75) is 26.7 Å². The van der Waals surface area contributed by atoms with Gasteiger partial charge < -0.3 is 4.74 Å². The minimum absolute atomic E-state index is 0.0969. The minimum Gasteiger partial charge on any atom is -0.382 e. The molecule has 0 fully saturated rings. The Bertz CT molecular complexity index is 115. The molecule has 0 amide bonds. The van der Waals surface area contributed by atoms with Crippen molar-refractivity contribution in [3.8, 4) is 0 Å². The van der Waals surface area contributed by atoms with E-state index < -0.39 is 0 Å². The highest BCUT2D eigenvalue weighted by Gasteiger charge is 2.12. The summed E-state index contributed by atoms with van der Waals surface area (Å²) in [6.07, 6.45) is 1.71. The monoisotopic (exact) mass is 222 g/mol. The van der Waals surface area contributed by atoms with E-state index in [0.29, 0.717) is 6.61 Å². The summed E-state index contributed by atoms with van der Waals surface area (Å²) in [7, 11) is 0. The van der Waals surface area contributed by atoms with Crippen LogP contribution in [0.1, 0.15) is 26.7 Å². The summed E-state index contributed by atoms with van der Waals surface area (Å²) in [6, 6.07) is 0. The van der Waals surface area contributed by atoms with Crippen molar-refractivity contribution in [2.24, 2.45) is 5.92 Å². The lowest BCUT2D eigenvalue weighted by molar-refractivity contribution is -0.114. The second-order valence-electron chi connectivity index (χ2n) is 2.39. The highest BCUT2D eigenvalue weighted by Crippen LogP contribution is 2.12. The van der Waals surface area contributed by atoms with Gasteiger partial charge in [0.25, 0.3) is 0 Å². The Labute approximate surface area is 76.4 Å². The predicted molar refractivity (Wildman–Crippen MR) is 48.8 cm³/mol. The van der Waals surface area contributed by atoms with Gasteiger partial charge in [-0.1, -0.05) is 6.92 Å². The topological polar surface area (TPSA) is 26.3 Å². The molecule has 0 saturated heterocycles. The number of carbonyl (C=O) groups excluding carboxylic acids is 1. The Morgan fingerprint density at radius 3 is 2.55 bits per heavy atom. The van der Waals surface area contributed by atoms with Crippen LogP contribution in [0.3, 0.4) is 0 Å². The molecular formula is C8H15BrO2. The van der Waals surface area contributed by atoms with E-state index >= 15 is 0 Å². The van der Waals surface area contributed by atoms with E-state index in [0.717, 1.165) is 19.4 Å². The normalized spacial score (nSPS) is 13.0. The Hall–Kier alpha value is 0.110. The second kappa shape index (κ2) is 6.80. The van der Waals surface area contributed by atoms with Gasteiger partial charge in [0.15, 0.2) is 0 Å². The molecule has 66 valence electrons. The fraction of sp³-hybridized carbons (Fsp3) is 0.875. The number of rotatable bonds is 6. The molecule has 0 spiro atoms. The van der Waals surface area contributed by atoms with Gasteiger partial charge >= 0.3 is 0 Å². The maximum Gasteiger partial charge on any atom is 0.200 e. The summed E-state index contributed by atoms with van der Waals surface area (Å²) in [5, 5.41) is 0. The number of ether oxygens (including phenoxy) is 1. The molecule has 0 saturated carbocycles. The van der Waals surface area contributed by atoms with Crippen LogP contribution in [0.2, 0.25) is 0 Å². The summed E-state index contributed by atoms with van der Waals surface area (Å²) in [5.74, 6) is 0.126. The smallest absolute Gasteiger partial charge is 0.200 e. The molecule has 2 nitrogen and oxygen atoms in total. The molecule has 3 heteroatoms. The van der Waals surface area contributed by atoms with Crippen molar-refractivity contribution in [3.63, 3.8) is 0 Å². The lowest BCUT2D eigenvalue weighted by Gasteiger charge is -2.08. The molecule has 0 radical (unpaired) electrons. The standard InChI is InChI=1S/C8H15BrO2/c1-3-7(8(9)10)5-6-11-4-2/h7H,3-6H2,1-2H3. The zero-order valence-electron chi connectivity index (χ0n) is 7.10. The molecule has 0 aromatic rings. The first-order valence-electron chi connectivity index (χ1n) is 3.99. The number of carbonyl (C=O) groups is 1. The summed E-state index contributed by atoms with van der Waals surface area (Å²) in [5.41, 5.74) is 0. The molecular weight excluding hydrogens is 208 g/mol. The van der Waals surface area contributed by atoms with E-state index in [1.165, 1.54) is 0 Å². The molecule has 1 atom stereocenters. The van der Waals surface area contributed by atoms with Crippen LogP contribution >= 0.6 is 15.9 Å². The first kappa shape index (κ1) is 11.1. The molecule has 0 rings (SSSR count). The molecule has 11 heavy (non-hydrogen) atoms. The summed E-state index contributed by atoms with van der Waals surface area (Å²) < 4.78 is 5.24. The van der Waals surface area contributed by atoms with Crippen molar-refractivity contribution in [3.05, 3.63) is 0 Å². The predicted octanol–water partition coefficient (Wildman–Crippen LogP) is 2.36. The zero-order chi connectivity index (χ0) is 8.69. The van der Waals surface area contributed by atoms with Crippen LogP contribution in [0.25, 0.3) is 0 Å². The summed E-state index contributed by atoms with van der Waals surface area (Å²) >= 11 is 2.96. The average molecular weight is 223 g/mol. The quantitative estimate of drug-likeness (QED) is 0.510. The fourth-order valence-electron chi connectivity index (χ4n) is 0.848. The second-order valence-corrected chi connectivity index (χ2v) is 3.18. The lowest BCUT2D eigenvalue weighted by Crippen LogP contribution is -2.10. The van der Waals surface area contributed by atoms with Gasteiger partial charge in [-0.3, -0.25) is 4.79 Å². The maximum absolute atomic E-state index is 10.8. The van der Waals surface area contributed by atoms with Crippen LogP contribution < -0.4 is 0 Å². The third-order valence-corrected chi connectivity index (χ3v) is 2.28. The van der Waals surface area contributed by atoms with Gasteiger partial charge in [0.2, 0.25) is 4.69 Å². The Morgan fingerprint density at radius 2 is 2.18 bits per heavy atom. The number of hydrogen-bond donors (Lipinski definition) is 0. The van der Waals surface area contributed by atoms with E-state index in [9.17, 15) is 4.79 Å². The Morgan fingerprint density at radius 1 is 1.55 bits per heavy atom. The average Bonchev–Trinajstić information content (AvgIpc) is 1.97. The first-order valence-corrected chi connectivity index (χ1v) is 4.78. The largest absolute Gasteiger partial charge is 0.382 e. The lowest BCUT2D eigenvalue weighted by atomic mass is 10.1. The van der Waals surface area contributed by atoms with Crippen molar-refractivity contribution < 1.29 is 9.53 Å². The molecule has 0 aromatic carbocycles. The van der Waals surface area contributed by atoms with Gasteiger partial charge in [-0.25, -0.2) is 0 Å². The van der Waals surface area contributed by atoms with Crippen LogP contribution in [0.15, 0.2) is 0 Å². The number of halogens is 1. The molecule has 0 aliphatic rings. The first-order chi connectivity index (χ1) is 5.22. The van der Waals surface area contributed by atoms with Crippen LogP contribution in [0.4, 0.5) is 0 Å². The molecule has 0 aliphatic carbocycles. The Balaban J connectivity index is 3.44. The van der Waals surface area contributed by atoms with Gasteiger partial charge in [0.1, 0.15) is 0 Å². The Kier molecular flexibility index (Phi) is 6.87. The zero-order valence-corrected chi connectivity index (χ0v) is 8.69. The third kappa shape index (κ3) is 5.39.